The van der Waals surface area contributed by atoms with Crippen molar-refractivity contribution in [3.8, 4) is 0 Å². The first kappa shape index (κ1) is 21.9. The Kier molecular flexibility index (Phi) is 5.73. The highest BCUT2D eigenvalue weighted by Gasteiger charge is 2.32. The number of alkyl halides is 6. The molecule has 0 saturated heterocycles. The highest BCUT2D eigenvalue weighted by Crippen LogP contribution is 2.30. The average Bonchev–Trinajstić information content (AvgIpc) is 3.15. The van der Waals surface area contributed by atoms with Gasteiger partial charge in [0.05, 0.1) is 29.5 Å². The van der Waals surface area contributed by atoms with Gasteiger partial charge in [0, 0.05) is 17.5 Å². The van der Waals surface area contributed by atoms with Crippen LogP contribution in [0.5, 0.6) is 0 Å². The summed E-state index contributed by atoms with van der Waals surface area (Å²) >= 11 is 0. The van der Waals surface area contributed by atoms with Crippen molar-refractivity contribution >= 4 is 22.8 Å². The number of rotatable bonds is 6. The normalized spacial score (nSPS) is 11.8. The van der Waals surface area contributed by atoms with Crippen molar-refractivity contribution in [2.24, 2.45) is 0 Å². The van der Waals surface area contributed by atoms with Gasteiger partial charge >= 0.3 is 12.4 Å². The molecule has 0 saturated carbocycles. The molecule has 0 spiro atoms. The quantitative estimate of drug-likeness (QED) is 0.447. The molecule has 0 aliphatic heterocycles. The van der Waals surface area contributed by atoms with Crippen LogP contribution in [0.1, 0.15) is 22.6 Å². The Morgan fingerprint density at radius 1 is 0.774 bits per heavy atom. The van der Waals surface area contributed by atoms with Crippen LogP contribution >= 0.6 is 0 Å². The summed E-state index contributed by atoms with van der Waals surface area (Å²) in [6.45, 7) is 7.57. The van der Waals surface area contributed by atoms with Gasteiger partial charge in [-0.3, -0.25) is 10.1 Å². The Morgan fingerprint density at radius 3 is 1.90 bits per heavy atom. The number of pyridine rings is 2. The monoisotopic (exact) mass is 440 g/mol. The molecule has 0 bridgehead atoms. The Labute approximate surface area is 171 Å². The second-order valence-corrected chi connectivity index (χ2v) is 6.23. The van der Waals surface area contributed by atoms with Crippen molar-refractivity contribution in [3.05, 3.63) is 78.7 Å². The highest BCUT2D eigenvalue weighted by atomic mass is 19.4. The molecule has 0 atom stereocenters. The largest absolute Gasteiger partial charge is 0.433 e. The number of halogens is 6. The third-order valence-electron chi connectivity index (χ3n) is 3.98. The fraction of sp³-hybridized carbons (Fsp3) is 0.105. The Hall–Kier alpha value is -3.83. The van der Waals surface area contributed by atoms with Crippen molar-refractivity contribution in [1.29, 1.82) is 0 Å². The maximum Gasteiger partial charge on any atom is 0.433 e. The second-order valence-electron chi connectivity index (χ2n) is 6.23. The molecule has 0 unspecified atom stereocenters. The molecule has 3 heterocycles. The van der Waals surface area contributed by atoms with Crippen LogP contribution < -0.4 is 10.6 Å². The van der Waals surface area contributed by atoms with E-state index in [0.29, 0.717) is 16.9 Å². The van der Waals surface area contributed by atoms with Crippen molar-refractivity contribution in [2.45, 2.75) is 12.4 Å². The molecule has 31 heavy (non-hydrogen) atoms. The van der Waals surface area contributed by atoms with Crippen LogP contribution in [0.2, 0.25) is 0 Å². The average molecular weight is 440 g/mol. The van der Waals surface area contributed by atoms with E-state index >= 15 is 0 Å². The third-order valence-corrected chi connectivity index (χ3v) is 3.98. The van der Waals surface area contributed by atoms with Crippen LogP contribution in [0.4, 0.5) is 37.7 Å². The molecule has 0 aromatic carbocycles. The maximum absolute atomic E-state index is 12.6. The summed E-state index contributed by atoms with van der Waals surface area (Å²) < 4.78 is 75.7. The lowest BCUT2D eigenvalue weighted by atomic mass is 10.2. The minimum absolute atomic E-state index is 0.243. The van der Waals surface area contributed by atoms with Gasteiger partial charge in [0.25, 0.3) is 0 Å². The first-order valence-electron chi connectivity index (χ1n) is 8.47. The van der Waals surface area contributed by atoms with Crippen LogP contribution in [-0.2, 0) is 12.4 Å². The number of hydrogen-bond donors (Lipinski definition) is 3. The van der Waals surface area contributed by atoms with Gasteiger partial charge in [0.1, 0.15) is 17.1 Å². The molecular weight excluding hydrogens is 426 g/mol. The predicted octanol–water partition coefficient (Wildman–Crippen LogP) is 5.40. The van der Waals surface area contributed by atoms with E-state index in [9.17, 15) is 26.3 Å². The number of aromatic nitrogens is 4. The molecule has 0 aliphatic rings. The molecule has 12 heteroatoms. The number of anilines is 2. The molecule has 3 aromatic rings. The van der Waals surface area contributed by atoms with Crippen molar-refractivity contribution < 1.29 is 26.3 Å². The number of nitrogens with one attached hydrogen (secondary N) is 3. The predicted molar refractivity (Wildman–Crippen MR) is 102 cm³/mol. The summed E-state index contributed by atoms with van der Waals surface area (Å²) in [5.74, 6) is 0. The van der Waals surface area contributed by atoms with Crippen LogP contribution in [-0.4, -0.2) is 20.2 Å². The lowest BCUT2D eigenvalue weighted by Gasteiger charge is -2.13. The van der Waals surface area contributed by atoms with Crippen molar-refractivity contribution in [2.75, 3.05) is 10.6 Å². The SMILES string of the molecule is C=C(Nc1cn[nH]c1C(=C)Nc1ccc(C(F)(F)F)nc1)c1ccc(C(F)(F)F)nc1. The zero-order valence-electron chi connectivity index (χ0n) is 15.6. The lowest BCUT2D eigenvalue weighted by molar-refractivity contribution is -0.141. The number of nitrogens with zero attached hydrogens (tertiary/aromatic N) is 3. The lowest BCUT2D eigenvalue weighted by Crippen LogP contribution is -2.09. The number of hydrogen-bond acceptors (Lipinski definition) is 5. The summed E-state index contributed by atoms with van der Waals surface area (Å²) in [6.07, 6.45) is -5.69. The van der Waals surface area contributed by atoms with Gasteiger partial charge in [-0.15, -0.1) is 0 Å². The Balaban J connectivity index is 1.70. The van der Waals surface area contributed by atoms with E-state index in [1.165, 1.54) is 18.3 Å². The fourth-order valence-corrected chi connectivity index (χ4v) is 2.46. The van der Waals surface area contributed by atoms with Gasteiger partial charge in [0.2, 0.25) is 0 Å². The van der Waals surface area contributed by atoms with Crippen molar-refractivity contribution in [1.82, 2.24) is 20.2 Å². The fourth-order valence-electron chi connectivity index (χ4n) is 2.46. The van der Waals surface area contributed by atoms with E-state index in [1.807, 2.05) is 0 Å². The van der Waals surface area contributed by atoms with Gasteiger partial charge in [-0.1, -0.05) is 13.2 Å². The van der Waals surface area contributed by atoms with Crippen molar-refractivity contribution in [3.63, 3.8) is 0 Å². The standard InChI is InChI=1S/C19H14F6N6/c1-10(12-3-5-15(26-7-12)18(20,21)22)30-14-9-28-31-17(14)11(2)29-13-4-6-16(27-8-13)19(23,24)25/h3-9,29-30H,1-2H2,(H,28,31). The first-order chi connectivity index (χ1) is 14.4. The van der Waals surface area contributed by atoms with E-state index in [2.05, 4.69) is 44.0 Å². The molecule has 3 aromatic heterocycles. The minimum Gasteiger partial charge on any atom is -0.353 e. The molecule has 3 rings (SSSR count). The molecule has 0 fully saturated rings. The maximum atomic E-state index is 12.6. The van der Waals surface area contributed by atoms with Crippen LogP contribution in [0.15, 0.2) is 56.0 Å². The Morgan fingerprint density at radius 2 is 1.39 bits per heavy atom. The van der Waals surface area contributed by atoms with Crippen LogP contribution in [0, 0.1) is 0 Å². The number of aromatic amines is 1. The van der Waals surface area contributed by atoms with Gasteiger partial charge in [-0.05, 0) is 24.3 Å². The summed E-state index contributed by atoms with van der Waals surface area (Å²) in [7, 11) is 0. The molecule has 0 amide bonds. The third kappa shape index (κ3) is 5.21. The van der Waals surface area contributed by atoms with Crippen LogP contribution in [0.3, 0.4) is 0 Å². The van der Waals surface area contributed by atoms with E-state index in [-0.39, 0.29) is 17.1 Å². The number of H-pyrrole nitrogens is 1. The Bertz CT molecular complexity index is 1080. The first-order valence-corrected chi connectivity index (χ1v) is 8.47. The van der Waals surface area contributed by atoms with E-state index in [0.717, 1.165) is 24.5 Å². The van der Waals surface area contributed by atoms with Gasteiger partial charge in [-0.25, -0.2) is 4.98 Å². The zero-order chi connectivity index (χ0) is 22.8. The summed E-state index contributed by atoms with van der Waals surface area (Å²) in [6, 6.07) is 4.06. The molecule has 0 radical (unpaired) electrons. The second kappa shape index (κ2) is 8.13. The van der Waals surface area contributed by atoms with E-state index < -0.39 is 23.7 Å². The highest BCUT2D eigenvalue weighted by molar-refractivity contribution is 5.84. The van der Waals surface area contributed by atoms with Gasteiger partial charge < -0.3 is 10.6 Å². The summed E-state index contributed by atoms with van der Waals surface area (Å²) in [4.78, 5) is 6.72. The molecule has 162 valence electrons. The molecular formula is C19H14F6N6. The minimum atomic E-state index is -4.55. The smallest absolute Gasteiger partial charge is 0.353 e. The zero-order valence-corrected chi connectivity index (χ0v) is 15.6. The topological polar surface area (TPSA) is 78.5 Å². The van der Waals surface area contributed by atoms with Crippen LogP contribution in [0.25, 0.3) is 11.4 Å². The molecule has 6 nitrogen and oxygen atoms in total. The van der Waals surface area contributed by atoms with Gasteiger partial charge in [0.15, 0.2) is 0 Å². The van der Waals surface area contributed by atoms with Gasteiger partial charge in [-0.2, -0.15) is 31.4 Å². The summed E-state index contributed by atoms with van der Waals surface area (Å²) in [5, 5.41) is 12.2. The molecule has 0 aliphatic carbocycles. The van der Waals surface area contributed by atoms with E-state index in [1.54, 1.807) is 0 Å². The van der Waals surface area contributed by atoms with E-state index in [4.69, 9.17) is 0 Å². The summed E-state index contributed by atoms with van der Waals surface area (Å²) in [5.41, 5.74) is -0.282. The molecule has 3 N–H and O–H groups in total.